The van der Waals surface area contributed by atoms with Gasteiger partial charge >= 0.3 is 77.3 Å². The van der Waals surface area contributed by atoms with E-state index in [1.165, 1.54) is 0 Å². The van der Waals surface area contributed by atoms with Crippen LogP contribution in [0.1, 0.15) is 113 Å². The van der Waals surface area contributed by atoms with E-state index >= 15 is 0 Å². The molecule has 10 aliphatic rings. The maximum absolute atomic E-state index is 11.9. The summed E-state index contributed by atoms with van der Waals surface area (Å²) in [7, 11) is 0. The average Bonchev–Trinajstić information content (AvgIpc) is 4.16. The summed E-state index contributed by atoms with van der Waals surface area (Å²) in [5.41, 5.74) is 0. The topological polar surface area (TPSA) is 255 Å². The zero-order valence-electron chi connectivity index (χ0n) is 41.4. The van der Waals surface area contributed by atoms with Crippen molar-refractivity contribution in [1.29, 1.82) is 0 Å². The number of fused-ring (bicyclic) bond motifs is 14. The summed E-state index contributed by atoms with van der Waals surface area (Å²) in [6.07, 6.45) is 14.5. The first kappa shape index (κ1) is 59.1. The van der Waals surface area contributed by atoms with Crippen molar-refractivity contribution in [2.45, 2.75) is 113 Å². The Morgan fingerprint density at radius 3 is 0.941 bits per heavy atom. The van der Waals surface area contributed by atoms with E-state index in [0.29, 0.717) is 61.9 Å². The van der Waals surface area contributed by atoms with Crippen molar-refractivity contribution in [3.05, 3.63) is 12.2 Å². The molecule has 10 rings (SSSR count). The molecular formula is C50H75NaO17. The first-order chi connectivity index (χ1) is 32.2. The van der Waals surface area contributed by atoms with Crippen LogP contribution in [0.3, 0.4) is 0 Å². The van der Waals surface area contributed by atoms with Crippen LogP contribution in [0.15, 0.2) is 12.2 Å². The summed E-state index contributed by atoms with van der Waals surface area (Å²) in [6, 6.07) is 0. The molecule has 8 bridgehead atoms. The van der Waals surface area contributed by atoms with Crippen molar-refractivity contribution in [2.75, 3.05) is 46.2 Å². The number of aliphatic hydroxyl groups excluding tert-OH is 2. The van der Waals surface area contributed by atoms with E-state index in [0.717, 1.165) is 64.2 Å². The Balaban J connectivity index is 0.000000227. The van der Waals surface area contributed by atoms with Crippen LogP contribution in [0.5, 0.6) is 0 Å². The first-order valence-corrected chi connectivity index (χ1v) is 24.8. The molecule has 378 valence electrons. The summed E-state index contributed by atoms with van der Waals surface area (Å²) in [4.78, 5) is 92.5. The molecule has 2 N–H and O–H groups in total. The van der Waals surface area contributed by atoms with Crippen molar-refractivity contribution in [1.82, 2.24) is 0 Å². The second kappa shape index (κ2) is 28.6. The maximum atomic E-state index is 11.9. The minimum Gasteiger partial charge on any atom is -0.855 e. The van der Waals surface area contributed by atoms with Crippen molar-refractivity contribution in [2.24, 2.45) is 94.7 Å². The first-order valence-electron chi connectivity index (χ1n) is 24.8. The van der Waals surface area contributed by atoms with E-state index in [4.69, 9.17) is 34.3 Å². The Hall–Kier alpha value is -3.22. The van der Waals surface area contributed by atoms with Crippen LogP contribution in [0.4, 0.5) is 0 Å². The summed E-state index contributed by atoms with van der Waals surface area (Å²) in [5.74, 6) is -0.614. The molecule has 2 aliphatic heterocycles. The average molecular weight is 971 g/mol. The van der Waals surface area contributed by atoms with Crippen LogP contribution in [-0.2, 0) is 66.8 Å². The van der Waals surface area contributed by atoms with E-state index in [-0.39, 0.29) is 156 Å². The van der Waals surface area contributed by atoms with Gasteiger partial charge in [0.25, 0.3) is 0 Å². The van der Waals surface area contributed by atoms with Crippen LogP contribution in [0.25, 0.3) is 0 Å². The largest absolute Gasteiger partial charge is 1.00 e. The minimum atomic E-state index is -0.304. The van der Waals surface area contributed by atoms with Gasteiger partial charge in [-0.3, -0.25) is 38.4 Å². The fourth-order valence-electron chi connectivity index (χ4n) is 12.8. The number of ether oxygens (including phenoxy) is 6. The number of aliphatic hydroxyl groups is 2. The van der Waals surface area contributed by atoms with Crippen molar-refractivity contribution in [3.8, 4) is 0 Å². The molecule has 0 spiro atoms. The van der Waals surface area contributed by atoms with Gasteiger partial charge in [-0.05, 0) is 153 Å². The van der Waals surface area contributed by atoms with Gasteiger partial charge in [0.1, 0.15) is 0 Å². The monoisotopic (exact) mass is 970 g/mol. The van der Waals surface area contributed by atoms with Gasteiger partial charge in [-0.2, -0.15) is 0 Å². The summed E-state index contributed by atoms with van der Waals surface area (Å²) >= 11 is 0. The van der Waals surface area contributed by atoms with Crippen LogP contribution in [-0.4, -0.2) is 104 Å². The summed E-state index contributed by atoms with van der Waals surface area (Å²) in [6.45, 7) is 14.1. The molecule has 0 aromatic heterocycles. The fourth-order valence-corrected chi connectivity index (χ4v) is 12.8. The van der Waals surface area contributed by atoms with Crippen LogP contribution >= 0.6 is 0 Å². The van der Waals surface area contributed by atoms with Gasteiger partial charge in [-0.15, -0.1) is 6.61 Å². The molecule has 8 unspecified atom stereocenters. The second-order valence-corrected chi connectivity index (χ2v) is 18.6. The van der Waals surface area contributed by atoms with Gasteiger partial charge in [-0.25, -0.2) is 0 Å². The number of carbonyl (C=O) groups excluding carboxylic acids is 8. The maximum Gasteiger partial charge on any atom is 1.00 e. The number of cyclic esters (lactones) is 4. The van der Waals surface area contributed by atoms with Gasteiger partial charge in [0.2, 0.25) is 0 Å². The molecular weight excluding hydrogens is 896 g/mol. The molecule has 68 heavy (non-hydrogen) atoms. The molecule has 2 heterocycles. The Bertz CT molecular complexity index is 1570. The van der Waals surface area contributed by atoms with E-state index in [1.807, 2.05) is 12.2 Å². The smallest absolute Gasteiger partial charge is 0.855 e. The number of hydrogen-bond donors (Lipinski definition) is 2. The SMILES string of the molecule is CCO.CCO.CCOC(=O)[C@@H]1C2CCC(C2)[C@@H]1C(=O)OCC.CCOC(=O)[C@@H]1C2CCC(C2)[C@H]1C(=O)OCC.CC[O-].O=C1OC(=O)[C@H]2C3C=CC(C3)[C@@H]12.O=C1OC(=O)[C@H]2C3CCC(C3)[C@@H]12.[Na+]. The van der Waals surface area contributed by atoms with Crippen molar-refractivity contribution < 1.29 is 112 Å². The van der Waals surface area contributed by atoms with E-state index in [1.54, 1.807) is 48.5 Å². The molecule has 0 radical (unpaired) electrons. The third-order valence-electron chi connectivity index (χ3n) is 14.9. The number of rotatable bonds is 8. The Kier molecular flexibility index (Phi) is 24.8. The molecule has 18 heteroatoms. The Morgan fingerprint density at radius 1 is 0.471 bits per heavy atom. The third-order valence-corrected chi connectivity index (χ3v) is 14.9. The predicted octanol–water partition coefficient (Wildman–Crippen LogP) is 1.16. The van der Waals surface area contributed by atoms with Crippen molar-refractivity contribution >= 4 is 47.8 Å². The van der Waals surface area contributed by atoms with Gasteiger partial charge < -0.3 is 43.7 Å². The molecule has 16 atom stereocenters. The number of hydrogen-bond acceptors (Lipinski definition) is 17. The van der Waals surface area contributed by atoms with Gasteiger partial charge in [-0.1, -0.05) is 19.1 Å². The molecule has 8 aliphatic carbocycles. The number of allylic oxidation sites excluding steroid dienone is 2. The second-order valence-electron chi connectivity index (χ2n) is 18.6. The van der Waals surface area contributed by atoms with Gasteiger partial charge in [0.15, 0.2) is 0 Å². The Labute approximate surface area is 423 Å². The van der Waals surface area contributed by atoms with E-state index < -0.39 is 0 Å². The molecule has 7 saturated carbocycles. The molecule has 0 aromatic carbocycles. The zero-order chi connectivity index (χ0) is 49.5. The summed E-state index contributed by atoms with van der Waals surface area (Å²) < 4.78 is 29.6. The zero-order valence-corrected chi connectivity index (χ0v) is 43.4. The normalized spacial score (nSPS) is 35.4. The summed E-state index contributed by atoms with van der Waals surface area (Å²) in [5, 5.41) is 24.1. The van der Waals surface area contributed by atoms with Gasteiger partial charge in [0, 0.05) is 13.2 Å². The molecule has 0 aromatic rings. The number of carbonyl (C=O) groups is 8. The molecule has 0 amide bonds. The minimum absolute atomic E-state index is 0. The van der Waals surface area contributed by atoms with Gasteiger partial charge in [0.05, 0.1) is 73.8 Å². The van der Waals surface area contributed by atoms with Crippen LogP contribution < -0.4 is 34.7 Å². The number of esters is 8. The van der Waals surface area contributed by atoms with Crippen LogP contribution in [0, 0.1) is 94.7 Å². The van der Waals surface area contributed by atoms with E-state index in [2.05, 4.69) is 9.47 Å². The fraction of sp³-hybridized carbons (Fsp3) is 0.800. The quantitative estimate of drug-likeness (QED) is 0.114. The standard InChI is InChI=1S/2C13H20O4.C9H10O3.C9H8O3.2C2H6O.C2H5O.Na/c2*1-3-16-12(14)10-8-5-6-9(7-8)11(10)13(15)17-4-2;2*10-8-6-4-1-2-5(3-4)7(6)9(11)12-8;3*1-2-3;/h2*8-11H,3-7H2,1-2H3;4-7H,1-3H2;1-2,4-7H,3H2;2*3H,2H2,1H3;2H2,1H3;/q;;;;;;-1;+1/t8?,9?,10-,11+;8?,9?,10-,11-;2*4?,5?,6-,7+;;;;/m.1....../s1. The Morgan fingerprint density at radius 2 is 0.691 bits per heavy atom. The molecule has 2 saturated heterocycles. The van der Waals surface area contributed by atoms with Crippen LogP contribution in [0.2, 0.25) is 0 Å². The van der Waals surface area contributed by atoms with E-state index in [9.17, 15) is 38.4 Å². The predicted molar refractivity (Wildman–Crippen MR) is 236 cm³/mol. The molecule has 17 nitrogen and oxygen atoms in total. The third kappa shape index (κ3) is 13.6. The van der Waals surface area contributed by atoms with Crippen molar-refractivity contribution in [3.63, 3.8) is 0 Å². The molecule has 9 fully saturated rings.